The monoisotopic (exact) mass is 255 g/mol. The van der Waals surface area contributed by atoms with Crippen LogP contribution in [0.2, 0.25) is 0 Å². The predicted octanol–water partition coefficient (Wildman–Crippen LogP) is 1.34. The van der Waals surface area contributed by atoms with E-state index in [1.165, 1.54) is 0 Å². The number of anilines is 1. The minimum atomic E-state index is 0. The van der Waals surface area contributed by atoms with Crippen LogP contribution in [0, 0.1) is 0 Å². The Bertz CT molecular complexity index is 176. The van der Waals surface area contributed by atoms with E-state index < -0.39 is 0 Å². The first-order valence-corrected chi connectivity index (χ1v) is 2.94. The van der Waals surface area contributed by atoms with Crippen LogP contribution in [-0.2, 0) is 7.05 Å². The summed E-state index contributed by atoms with van der Waals surface area (Å²) in [6, 6.07) is 0. The summed E-state index contributed by atoms with van der Waals surface area (Å²) in [5, 5.41) is 3.86. The Hall–Kier alpha value is -0.0300. The summed E-state index contributed by atoms with van der Waals surface area (Å²) in [7, 11) is 1.79. The minimum Gasteiger partial charge on any atom is -0.383 e. The van der Waals surface area contributed by atoms with Gasteiger partial charge in [0.15, 0.2) is 0 Å². The molecule has 0 amide bonds. The maximum absolute atomic E-state index is 5.46. The summed E-state index contributed by atoms with van der Waals surface area (Å²) < 4.78 is 2.45. The first kappa shape index (κ1) is 8.97. The highest BCUT2D eigenvalue weighted by Crippen LogP contribution is 2.15. The molecule has 3 nitrogen and oxygen atoms in total. The lowest BCUT2D eigenvalue weighted by Crippen LogP contribution is -1.96. The molecule has 0 atom stereocenters. The molecule has 0 aliphatic heterocycles. The van der Waals surface area contributed by atoms with Crippen molar-refractivity contribution in [3.05, 3.63) is 10.7 Å². The molecular weight excluding hydrogens is 250 g/mol. The van der Waals surface area contributed by atoms with Gasteiger partial charge in [0, 0.05) is 7.05 Å². The molecule has 0 saturated heterocycles. The second-order valence-electron chi connectivity index (χ2n) is 1.50. The van der Waals surface area contributed by atoms with E-state index in [4.69, 9.17) is 5.73 Å². The third kappa shape index (κ3) is 1.69. The molecule has 0 fully saturated rings. The third-order valence-corrected chi connectivity index (χ3v) is 1.55. The molecule has 0 bridgehead atoms. The molecule has 0 aliphatic rings. The van der Waals surface area contributed by atoms with Crippen molar-refractivity contribution in [2.75, 3.05) is 5.73 Å². The highest BCUT2D eigenvalue weighted by Gasteiger charge is 1.96. The summed E-state index contributed by atoms with van der Waals surface area (Å²) in [4.78, 5) is 0. The zero-order valence-corrected chi connectivity index (χ0v) is 8.13. The Morgan fingerprint density at radius 2 is 2.33 bits per heavy atom. The summed E-state index contributed by atoms with van der Waals surface area (Å²) in [5.74, 6) is 0.657. The van der Waals surface area contributed by atoms with Crippen molar-refractivity contribution in [2.24, 2.45) is 7.05 Å². The molecule has 1 aromatic rings. The van der Waals surface area contributed by atoms with Gasteiger partial charge in [-0.3, -0.25) is 4.68 Å². The molecule has 1 rings (SSSR count). The fraction of sp³-hybridized carbons (Fsp3) is 0.250. The average Bonchev–Trinajstić information content (AvgIpc) is 1.98. The highest BCUT2D eigenvalue weighted by atomic mass is 79.9. The van der Waals surface area contributed by atoms with Crippen LogP contribution in [0.4, 0.5) is 5.82 Å². The fourth-order valence-electron chi connectivity index (χ4n) is 0.420. The quantitative estimate of drug-likeness (QED) is 0.762. The number of nitrogens with two attached hydrogens (primary N) is 1. The van der Waals surface area contributed by atoms with Gasteiger partial charge in [-0.15, -0.1) is 17.0 Å². The fourth-order valence-corrected chi connectivity index (χ4v) is 0.768. The molecule has 0 radical (unpaired) electrons. The Kier molecular flexibility index (Phi) is 3.21. The van der Waals surface area contributed by atoms with Gasteiger partial charge in [-0.1, -0.05) is 0 Å². The standard InChI is InChI=1S/C4H6BrN3.BrH/c1-8-4(6)3(5)2-7-8;/h2H,6H2,1H3;1H. The third-order valence-electron chi connectivity index (χ3n) is 0.938. The first-order chi connectivity index (χ1) is 3.72. The van der Waals surface area contributed by atoms with Crippen molar-refractivity contribution >= 4 is 38.7 Å². The zero-order chi connectivity index (χ0) is 6.15. The van der Waals surface area contributed by atoms with E-state index in [1.54, 1.807) is 17.9 Å². The summed E-state index contributed by atoms with van der Waals surface area (Å²) in [6.45, 7) is 0. The largest absolute Gasteiger partial charge is 0.383 e. The molecule has 2 N–H and O–H groups in total. The van der Waals surface area contributed by atoms with Gasteiger partial charge in [-0.05, 0) is 15.9 Å². The lowest BCUT2D eigenvalue weighted by molar-refractivity contribution is 0.779. The molecule has 1 heterocycles. The number of hydrogen-bond donors (Lipinski definition) is 1. The van der Waals surface area contributed by atoms with Crippen LogP contribution in [0.1, 0.15) is 0 Å². The highest BCUT2D eigenvalue weighted by molar-refractivity contribution is 9.10. The van der Waals surface area contributed by atoms with Gasteiger partial charge in [0.1, 0.15) is 5.82 Å². The van der Waals surface area contributed by atoms with Gasteiger partial charge >= 0.3 is 0 Å². The first-order valence-electron chi connectivity index (χ1n) is 2.15. The predicted molar refractivity (Wildman–Crippen MR) is 45.6 cm³/mol. The van der Waals surface area contributed by atoms with Crippen molar-refractivity contribution in [1.29, 1.82) is 0 Å². The SMILES string of the molecule is Br.Cn1ncc(Br)c1N. The maximum atomic E-state index is 5.46. The van der Waals surface area contributed by atoms with E-state index >= 15 is 0 Å². The minimum absolute atomic E-state index is 0. The number of hydrogen-bond acceptors (Lipinski definition) is 2. The van der Waals surface area contributed by atoms with Crippen LogP contribution in [0.5, 0.6) is 0 Å². The molecule has 0 saturated carbocycles. The van der Waals surface area contributed by atoms with Crippen molar-refractivity contribution in [3.8, 4) is 0 Å². The molecule has 0 aromatic carbocycles. The average molecular weight is 257 g/mol. The van der Waals surface area contributed by atoms with Crippen LogP contribution >= 0.6 is 32.9 Å². The van der Waals surface area contributed by atoms with Gasteiger partial charge < -0.3 is 5.73 Å². The van der Waals surface area contributed by atoms with Gasteiger partial charge in [0.2, 0.25) is 0 Å². The van der Waals surface area contributed by atoms with Crippen molar-refractivity contribution < 1.29 is 0 Å². The number of nitrogen functional groups attached to an aromatic ring is 1. The van der Waals surface area contributed by atoms with Gasteiger partial charge in [-0.25, -0.2) is 0 Å². The van der Waals surface area contributed by atoms with E-state index in [-0.39, 0.29) is 17.0 Å². The van der Waals surface area contributed by atoms with Crippen molar-refractivity contribution in [3.63, 3.8) is 0 Å². The van der Waals surface area contributed by atoms with E-state index in [0.29, 0.717) is 5.82 Å². The van der Waals surface area contributed by atoms with Gasteiger partial charge in [-0.2, -0.15) is 5.10 Å². The Morgan fingerprint density at radius 1 is 1.78 bits per heavy atom. The molecule has 1 aromatic heterocycles. The smallest absolute Gasteiger partial charge is 0.135 e. The van der Waals surface area contributed by atoms with Crippen molar-refractivity contribution in [1.82, 2.24) is 9.78 Å². The summed E-state index contributed by atoms with van der Waals surface area (Å²) in [5.41, 5.74) is 5.46. The lowest BCUT2D eigenvalue weighted by Gasteiger charge is -1.89. The number of aromatic nitrogens is 2. The molecule has 0 unspecified atom stereocenters. The molecule has 5 heteroatoms. The van der Waals surface area contributed by atoms with Crippen LogP contribution in [0.25, 0.3) is 0 Å². The molecule has 0 aliphatic carbocycles. The second-order valence-corrected chi connectivity index (χ2v) is 2.36. The zero-order valence-electron chi connectivity index (χ0n) is 4.84. The molecule has 0 spiro atoms. The van der Waals surface area contributed by atoms with Crippen LogP contribution in [0.3, 0.4) is 0 Å². The van der Waals surface area contributed by atoms with Crippen LogP contribution < -0.4 is 5.73 Å². The number of halogens is 2. The Balaban J connectivity index is 0.000000640. The Morgan fingerprint density at radius 3 is 2.44 bits per heavy atom. The van der Waals surface area contributed by atoms with E-state index in [1.807, 2.05) is 0 Å². The molecule has 52 valence electrons. The van der Waals surface area contributed by atoms with Gasteiger partial charge in [0.05, 0.1) is 10.7 Å². The topological polar surface area (TPSA) is 43.8 Å². The number of rotatable bonds is 0. The Labute approximate surface area is 72.1 Å². The number of aryl methyl sites for hydroxylation is 1. The van der Waals surface area contributed by atoms with Crippen LogP contribution in [-0.4, -0.2) is 9.78 Å². The molecular formula is C4H7Br2N3. The van der Waals surface area contributed by atoms with E-state index in [2.05, 4.69) is 21.0 Å². The lowest BCUT2D eigenvalue weighted by atomic mass is 10.7. The van der Waals surface area contributed by atoms with E-state index in [0.717, 1.165) is 4.47 Å². The summed E-state index contributed by atoms with van der Waals surface area (Å²) >= 11 is 3.21. The maximum Gasteiger partial charge on any atom is 0.135 e. The van der Waals surface area contributed by atoms with Gasteiger partial charge in [0.25, 0.3) is 0 Å². The van der Waals surface area contributed by atoms with Crippen molar-refractivity contribution in [2.45, 2.75) is 0 Å². The van der Waals surface area contributed by atoms with E-state index in [9.17, 15) is 0 Å². The summed E-state index contributed by atoms with van der Waals surface area (Å²) in [6.07, 6.45) is 1.66. The molecule has 9 heavy (non-hydrogen) atoms. The van der Waals surface area contributed by atoms with Crippen LogP contribution in [0.15, 0.2) is 10.7 Å². The normalized spacial score (nSPS) is 8.67. The second kappa shape index (κ2) is 3.22. The number of nitrogens with zero attached hydrogens (tertiary/aromatic N) is 2.